The lowest BCUT2D eigenvalue weighted by Gasteiger charge is -2.37. The number of rotatable bonds is 4. The summed E-state index contributed by atoms with van der Waals surface area (Å²) in [4.78, 5) is 14.7. The number of methoxy groups -OCH3 is 1. The van der Waals surface area contributed by atoms with Gasteiger partial charge in [0.2, 0.25) is 5.91 Å². The summed E-state index contributed by atoms with van der Waals surface area (Å²) < 4.78 is 18.8. The minimum absolute atomic E-state index is 0.000765. The Balaban J connectivity index is 1.73. The molecule has 1 saturated heterocycles. The molecular formula is C19H26FNO3. The van der Waals surface area contributed by atoms with Gasteiger partial charge in [-0.1, -0.05) is 12.8 Å². The van der Waals surface area contributed by atoms with Crippen molar-refractivity contribution in [3.8, 4) is 5.75 Å². The SMILES string of the molecule is COc1ccc(F)cc1CC(=O)N1CCC[C@@H]1[C@@H]1CCCC[C@@H]1O. The van der Waals surface area contributed by atoms with Crippen LogP contribution in [0.2, 0.25) is 0 Å². The Morgan fingerprint density at radius 1 is 1.29 bits per heavy atom. The summed E-state index contributed by atoms with van der Waals surface area (Å²) in [5.41, 5.74) is 0.581. The van der Waals surface area contributed by atoms with Gasteiger partial charge in [-0.25, -0.2) is 4.39 Å². The van der Waals surface area contributed by atoms with Gasteiger partial charge in [0.25, 0.3) is 0 Å². The van der Waals surface area contributed by atoms with E-state index in [4.69, 9.17) is 4.74 Å². The van der Waals surface area contributed by atoms with Gasteiger partial charge in [0.15, 0.2) is 0 Å². The third-order valence-electron chi connectivity index (χ3n) is 5.48. The zero-order chi connectivity index (χ0) is 17.1. The number of carbonyl (C=O) groups excluding carboxylic acids is 1. The van der Waals surface area contributed by atoms with Crippen molar-refractivity contribution in [2.75, 3.05) is 13.7 Å². The quantitative estimate of drug-likeness (QED) is 0.920. The fraction of sp³-hybridized carbons (Fsp3) is 0.632. The molecule has 0 aromatic heterocycles. The standard InChI is InChI=1S/C19H26FNO3/c1-24-18-9-8-14(20)11-13(18)12-19(23)21-10-4-6-16(21)15-5-2-3-7-17(15)22/h8-9,11,15-17,22H,2-7,10,12H2,1H3/t15-,16+,17-/m0/s1. The lowest BCUT2D eigenvalue weighted by molar-refractivity contribution is -0.133. The average Bonchev–Trinajstić information content (AvgIpc) is 3.05. The predicted molar refractivity (Wildman–Crippen MR) is 89.4 cm³/mol. The second-order valence-electron chi connectivity index (χ2n) is 6.95. The highest BCUT2D eigenvalue weighted by Crippen LogP contribution is 2.35. The molecule has 4 nitrogen and oxygen atoms in total. The number of benzene rings is 1. The highest BCUT2D eigenvalue weighted by atomic mass is 19.1. The second-order valence-corrected chi connectivity index (χ2v) is 6.95. The Morgan fingerprint density at radius 2 is 2.08 bits per heavy atom. The number of hydrogen-bond acceptors (Lipinski definition) is 3. The van der Waals surface area contributed by atoms with Crippen LogP contribution >= 0.6 is 0 Å². The van der Waals surface area contributed by atoms with Crippen LogP contribution in [0.5, 0.6) is 5.75 Å². The van der Waals surface area contributed by atoms with Crippen LogP contribution < -0.4 is 4.74 Å². The molecule has 3 rings (SSSR count). The van der Waals surface area contributed by atoms with Gasteiger partial charge in [-0.2, -0.15) is 0 Å². The highest BCUT2D eigenvalue weighted by molar-refractivity contribution is 5.80. The van der Waals surface area contributed by atoms with Crippen LogP contribution in [0.3, 0.4) is 0 Å². The Hall–Kier alpha value is -1.62. The Labute approximate surface area is 142 Å². The van der Waals surface area contributed by atoms with Gasteiger partial charge in [-0.3, -0.25) is 4.79 Å². The summed E-state index contributed by atoms with van der Waals surface area (Å²) in [6.45, 7) is 0.727. The summed E-state index contributed by atoms with van der Waals surface area (Å²) in [6.07, 6.45) is 5.77. The Bertz CT molecular complexity index is 592. The molecule has 1 amide bonds. The fourth-order valence-electron chi connectivity index (χ4n) is 4.29. The molecule has 2 aliphatic rings. The van der Waals surface area contributed by atoms with Crippen molar-refractivity contribution in [3.63, 3.8) is 0 Å². The molecule has 2 fully saturated rings. The minimum Gasteiger partial charge on any atom is -0.496 e. The number of aliphatic hydroxyl groups excluding tert-OH is 1. The number of nitrogens with zero attached hydrogens (tertiary/aromatic N) is 1. The van der Waals surface area contributed by atoms with Gasteiger partial charge in [0, 0.05) is 24.1 Å². The zero-order valence-electron chi connectivity index (χ0n) is 14.2. The van der Waals surface area contributed by atoms with E-state index in [2.05, 4.69) is 0 Å². The van der Waals surface area contributed by atoms with Gasteiger partial charge in [-0.05, 0) is 43.9 Å². The van der Waals surface area contributed by atoms with Crippen LogP contribution in [0, 0.1) is 11.7 Å². The lowest BCUT2D eigenvalue weighted by atomic mass is 9.80. The molecule has 0 spiro atoms. The summed E-state index contributed by atoms with van der Waals surface area (Å²) in [7, 11) is 1.53. The maximum atomic E-state index is 13.5. The molecule has 1 saturated carbocycles. The van der Waals surface area contributed by atoms with Gasteiger partial charge in [0.05, 0.1) is 19.6 Å². The van der Waals surface area contributed by atoms with Crippen LogP contribution in [0.25, 0.3) is 0 Å². The number of ether oxygens (including phenoxy) is 1. The molecule has 132 valence electrons. The van der Waals surface area contributed by atoms with E-state index in [1.54, 1.807) is 6.07 Å². The molecule has 24 heavy (non-hydrogen) atoms. The number of hydrogen-bond donors (Lipinski definition) is 1. The summed E-state index contributed by atoms with van der Waals surface area (Å²) in [6, 6.07) is 4.39. The number of aliphatic hydroxyl groups is 1. The molecule has 1 N–H and O–H groups in total. The third-order valence-corrected chi connectivity index (χ3v) is 5.48. The minimum atomic E-state index is -0.362. The van der Waals surface area contributed by atoms with E-state index >= 15 is 0 Å². The fourth-order valence-corrected chi connectivity index (χ4v) is 4.29. The second kappa shape index (κ2) is 7.51. The van der Waals surface area contributed by atoms with Gasteiger partial charge in [-0.15, -0.1) is 0 Å². The third kappa shape index (κ3) is 3.56. The Kier molecular flexibility index (Phi) is 5.39. The van der Waals surface area contributed by atoms with Crippen LogP contribution in [-0.4, -0.2) is 41.7 Å². The van der Waals surface area contributed by atoms with E-state index in [0.29, 0.717) is 11.3 Å². The van der Waals surface area contributed by atoms with E-state index in [0.717, 1.165) is 45.1 Å². The molecule has 5 heteroatoms. The number of carbonyl (C=O) groups is 1. The maximum Gasteiger partial charge on any atom is 0.227 e. The first-order chi connectivity index (χ1) is 11.6. The van der Waals surface area contributed by atoms with E-state index in [1.807, 2.05) is 4.90 Å². The molecule has 0 radical (unpaired) electrons. The monoisotopic (exact) mass is 335 g/mol. The van der Waals surface area contributed by atoms with Crippen molar-refractivity contribution in [2.24, 2.45) is 5.92 Å². The summed E-state index contributed by atoms with van der Waals surface area (Å²) >= 11 is 0. The summed E-state index contributed by atoms with van der Waals surface area (Å²) in [5.74, 6) is 0.358. The summed E-state index contributed by atoms with van der Waals surface area (Å²) in [5, 5.41) is 10.3. The Morgan fingerprint density at radius 3 is 2.83 bits per heavy atom. The van der Waals surface area contributed by atoms with E-state index < -0.39 is 0 Å². The molecule has 1 aliphatic carbocycles. The van der Waals surface area contributed by atoms with Crippen molar-refractivity contribution in [1.29, 1.82) is 0 Å². The molecule has 3 atom stereocenters. The van der Waals surface area contributed by atoms with Crippen LogP contribution in [0.1, 0.15) is 44.1 Å². The normalized spacial score (nSPS) is 27.3. The predicted octanol–water partition coefficient (Wildman–Crippen LogP) is 2.92. The van der Waals surface area contributed by atoms with Crippen molar-refractivity contribution in [3.05, 3.63) is 29.6 Å². The smallest absolute Gasteiger partial charge is 0.227 e. The number of halogens is 1. The molecule has 0 bridgehead atoms. The van der Waals surface area contributed by atoms with Crippen LogP contribution in [0.15, 0.2) is 18.2 Å². The molecule has 1 aromatic carbocycles. The van der Waals surface area contributed by atoms with Gasteiger partial charge >= 0.3 is 0 Å². The lowest BCUT2D eigenvalue weighted by Crippen LogP contribution is -2.45. The molecule has 1 aromatic rings. The van der Waals surface area contributed by atoms with Crippen molar-refractivity contribution < 1.29 is 19.0 Å². The first-order valence-electron chi connectivity index (χ1n) is 8.90. The van der Waals surface area contributed by atoms with E-state index in [1.165, 1.54) is 19.2 Å². The molecule has 1 heterocycles. The van der Waals surface area contributed by atoms with Gasteiger partial charge < -0.3 is 14.7 Å². The van der Waals surface area contributed by atoms with Crippen molar-refractivity contribution >= 4 is 5.91 Å². The topological polar surface area (TPSA) is 49.8 Å². The van der Waals surface area contributed by atoms with Crippen molar-refractivity contribution in [1.82, 2.24) is 4.90 Å². The first kappa shape index (κ1) is 17.2. The molecule has 0 unspecified atom stereocenters. The van der Waals surface area contributed by atoms with Crippen LogP contribution in [0.4, 0.5) is 4.39 Å². The number of amides is 1. The largest absolute Gasteiger partial charge is 0.496 e. The van der Waals surface area contributed by atoms with E-state index in [-0.39, 0.29) is 36.2 Å². The highest BCUT2D eigenvalue weighted by Gasteiger charge is 2.38. The van der Waals surface area contributed by atoms with Crippen molar-refractivity contribution in [2.45, 2.75) is 57.1 Å². The van der Waals surface area contributed by atoms with Gasteiger partial charge in [0.1, 0.15) is 11.6 Å². The zero-order valence-corrected chi connectivity index (χ0v) is 14.2. The maximum absolute atomic E-state index is 13.5. The van der Waals surface area contributed by atoms with Crippen LogP contribution in [-0.2, 0) is 11.2 Å². The average molecular weight is 335 g/mol. The molecule has 1 aliphatic heterocycles. The number of likely N-dealkylation sites (tertiary alicyclic amines) is 1. The molecular weight excluding hydrogens is 309 g/mol. The first-order valence-corrected chi connectivity index (χ1v) is 8.90. The van der Waals surface area contributed by atoms with E-state index in [9.17, 15) is 14.3 Å².